The van der Waals surface area contributed by atoms with E-state index >= 15 is 0 Å². The Balaban J connectivity index is 1.68. The lowest BCUT2D eigenvalue weighted by atomic mass is 10.3. The van der Waals surface area contributed by atoms with Crippen LogP contribution in [-0.4, -0.2) is 33.1 Å². The van der Waals surface area contributed by atoms with Crippen molar-refractivity contribution in [1.82, 2.24) is 14.9 Å². The van der Waals surface area contributed by atoms with Gasteiger partial charge in [-0.15, -0.1) is 21.5 Å². The highest BCUT2D eigenvalue weighted by Crippen LogP contribution is 2.25. The van der Waals surface area contributed by atoms with E-state index in [1.807, 2.05) is 24.4 Å². The molecule has 0 saturated heterocycles. The molecule has 0 aliphatic carbocycles. The van der Waals surface area contributed by atoms with E-state index in [0.717, 1.165) is 4.88 Å². The predicted octanol–water partition coefficient (Wildman–Crippen LogP) is 3.00. The van der Waals surface area contributed by atoms with Crippen LogP contribution in [0.3, 0.4) is 0 Å². The van der Waals surface area contributed by atoms with E-state index in [4.69, 9.17) is 5.84 Å². The van der Waals surface area contributed by atoms with Gasteiger partial charge in [0, 0.05) is 12.2 Å². The molecule has 2 N–H and O–H groups in total. The van der Waals surface area contributed by atoms with Crippen molar-refractivity contribution in [3.05, 3.63) is 47.6 Å². The summed E-state index contributed by atoms with van der Waals surface area (Å²) in [7, 11) is 0. The monoisotopic (exact) mass is 377 g/mol. The van der Waals surface area contributed by atoms with E-state index < -0.39 is 0 Å². The molecule has 6 nitrogen and oxygen atoms in total. The number of thioether (sulfide) groups is 1. The number of benzene rings is 1. The molecule has 0 spiro atoms. The summed E-state index contributed by atoms with van der Waals surface area (Å²) in [5.74, 6) is 6.31. The van der Waals surface area contributed by atoms with Crippen LogP contribution in [0.4, 0.5) is 10.1 Å². The van der Waals surface area contributed by atoms with Crippen molar-refractivity contribution in [3.8, 4) is 10.7 Å². The van der Waals surface area contributed by atoms with Gasteiger partial charge in [0.05, 0.1) is 10.6 Å². The molecule has 0 aliphatic heterocycles. The average molecular weight is 377 g/mol. The second kappa shape index (κ2) is 7.66. The molecule has 130 valence electrons. The Labute approximate surface area is 152 Å². The fourth-order valence-electron chi connectivity index (χ4n) is 2.28. The standard InChI is InChI=1S/C16H16FN5OS2/c1-2-21(12-7-5-11(17)6-8-12)14(23)10-25-16-20-19-15(22(16)18)13-4-3-9-24-13/h3-9H,2,10,18H2,1H3. The highest BCUT2D eigenvalue weighted by Gasteiger charge is 2.18. The van der Waals surface area contributed by atoms with E-state index in [1.54, 1.807) is 17.0 Å². The van der Waals surface area contributed by atoms with Crippen molar-refractivity contribution in [2.75, 3.05) is 23.0 Å². The second-order valence-corrected chi connectivity index (χ2v) is 6.95. The van der Waals surface area contributed by atoms with Crippen LogP contribution in [-0.2, 0) is 4.79 Å². The van der Waals surface area contributed by atoms with Gasteiger partial charge in [0.2, 0.25) is 11.1 Å². The molecule has 0 unspecified atom stereocenters. The third kappa shape index (κ3) is 3.83. The summed E-state index contributed by atoms with van der Waals surface area (Å²) in [6.45, 7) is 2.35. The lowest BCUT2D eigenvalue weighted by molar-refractivity contribution is -0.116. The summed E-state index contributed by atoms with van der Waals surface area (Å²) in [5.41, 5.74) is 0.656. The molecule has 2 aromatic heterocycles. The van der Waals surface area contributed by atoms with Gasteiger partial charge in [-0.1, -0.05) is 17.8 Å². The number of rotatable bonds is 6. The minimum Gasteiger partial charge on any atom is -0.335 e. The number of nitrogens with two attached hydrogens (primary N) is 1. The third-order valence-electron chi connectivity index (χ3n) is 3.49. The number of halogens is 1. The first-order valence-corrected chi connectivity index (χ1v) is 9.39. The number of carbonyl (C=O) groups is 1. The SMILES string of the molecule is CCN(C(=O)CSc1nnc(-c2cccs2)n1N)c1ccc(F)cc1. The maximum atomic E-state index is 13.0. The van der Waals surface area contributed by atoms with E-state index in [1.165, 1.54) is 39.9 Å². The van der Waals surface area contributed by atoms with Crippen molar-refractivity contribution >= 4 is 34.7 Å². The van der Waals surface area contributed by atoms with Gasteiger partial charge in [-0.2, -0.15) is 0 Å². The normalized spacial score (nSPS) is 10.8. The Bertz CT molecular complexity index is 848. The molecular weight excluding hydrogens is 361 g/mol. The first-order valence-electron chi connectivity index (χ1n) is 7.53. The molecule has 0 aliphatic rings. The molecule has 0 bridgehead atoms. The molecule has 0 fully saturated rings. The smallest absolute Gasteiger partial charge is 0.237 e. The molecule has 3 rings (SSSR count). The van der Waals surface area contributed by atoms with Crippen LogP contribution in [0.25, 0.3) is 10.7 Å². The lowest BCUT2D eigenvalue weighted by Crippen LogP contribution is -2.32. The maximum Gasteiger partial charge on any atom is 0.237 e. The molecule has 2 heterocycles. The maximum absolute atomic E-state index is 13.0. The van der Waals surface area contributed by atoms with Crippen molar-refractivity contribution in [2.24, 2.45) is 0 Å². The topological polar surface area (TPSA) is 77.0 Å². The van der Waals surface area contributed by atoms with Crippen molar-refractivity contribution in [2.45, 2.75) is 12.1 Å². The van der Waals surface area contributed by atoms with E-state index in [-0.39, 0.29) is 17.5 Å². The van der Waals surface area contributed by atoms with Crippen molar-refractivity contribution in [3.63, 3.8) is 0 Å². The largest absolute Gasteiger partial charge is 0.335 e. The van der Waals surface area contributed by atoms with Gasteiger partial charge >= 0.3 is 0 Å². The fraction of sp³-hybridized carbons (Fsp3) is 0.188. The molecule has 25 heavy (non-hydrogen) atoms. The van der Waals surface area contributed by atoms with Crippen LogP contribution in [0.15, 0.2) is 46.9 Å². The lowest BCUT2D eigenvalue weighted by Gasteiger charge is -2.20. The van der Waals surface area contributed by atoms with Gasteiger partial charge in [0.1, 0.15) is 5.82 Å². The minimum atomic E-state index is -0.334. The van der Waals surface area contributed by atoms with Crippen LogP contribution in [0, 0.1) is 5.82 Å². The summed E-state index contributed by atoms with van der Waals surface area (Å²) >= 11 is 2.73. The van der Waals surface area contributed by atoms with Gasteiger partial charge in [-0.05, 0) is 42.6 Å². The van der Waals surface area contributed by atoms with Crippen LogP contribution >= 0.6 is 23.1 Å². The zero-order chi connectivity index (χ0) is 17.8. The van der Waals surface area contributed by atoms with Crippen LogP contribution in [0.5, 0.6) is 0 Å². The number of aromatic nitrogens is 3. The molecule has 3 aromatic rings. The zero-order valence-corrected chi connectivity index (χ0v) is 15.1. The molecule has 0 radical (unpaired) electrons. The van der Waals surface area contributed by atoms with Crippen LogP contribution in [0.2, 0.25) is 0 Å². The molecule has 0 saturated carbocycles. The zero-order valence-electron chi connectivity index (χ0n) is 13.4. The first kappa shape index (κ1) is 17.4. The molecule has 0 atom stereocenters. The fourth-order valence-corrected chi connectivity index (χ4v) is 3.72. The van der Waals surface area contributed by atoms with Gasteiger partial charge in [-0.3, -0.25) is 4.79 Å². The number of carbonyl (C=O) groups excluding carboxylic acids is 1. The molecule has 9 heteroatoms. The third-order valence-corrected chi connectivity index (χ3v) is 5.28. The van der Waals surface area contributed by atoms with E-state index in [0.29, 0.717) is 23.2 Å². The number of nitrogens with zero attached hydrogens (tertiary/aromatic N) is 4. The quantitative estimate of drug-likeness (QED) is 0.528. The number of thiophene rings is 1. The van der Waals surface area contributed by atoms with Crippen LogP contribution in [0.1, 0.15) is 6.92 Å². The Morgan fingerprint density at radius 3 is 2.72 bits per heavy atom. The summed E-state index contributed by atoms with van der Waals surface area (Å²) in [4.78, 5) is 15.0. The highest BCUT2D eigenvalue weighted by molar-refractivity contribution is 7.99. The average Bonchev–Trinajstić information content (AvgIpc) is 3.25. The number of anilines is 1. The highest BCUT2D eigenvalue weighted by atomic mass is 32.2. The van der Waals surface area contributed by atoms with Crippen molar-refractivity contribution in [1.29, 1.82) is 0 Å². The Hall–Kier alpha value is -2.39. The van der Waals surface area contributed by atoms with E-state index in [9.17, 15) is 9.18 Å². The van der Waals surface area contributed by atoms with Gasteiger partial charge < -0.3 is 10.7 Å². The van der Waals surface area contributed by atoms with Gasteiger partial charge in [0.15, 0.2) is 5.82 Å². The summed E-state index contributed by atoms with van der Waals surface area (Å²) in [6.07, 6.45) is 0. The van der Waals surface area contributed by atoms with Crippen molar-refractivity contribution < 1.29 is 9.18 Å². The summed E-state index contributed by atoms with van der Waals surface area (Å²) < 4.78 is 14.4. The van der Waals surface area contributed by atoms with E-state index in [2.05, 4.69) is 10.2 Å². The number of hydrogen-bond acceptors (Lipinski definition) is 6. The summed E-state index contributed by atoms with van der Waals surface area (Å²) in [6, 6.07) is 9.66. The molecule has 1 amide bonds. The van der Waals surface area contributed by atoms with Gasteiger partial charge in [-0.25, -0.2) is 9.07 Å². The van der Waals surface area contributed by atoms with Gasteiger partial charge in [0.25, 0.3) is 0 Å². The second-order valence-electron chi connectivity index (χ2n) is 5.06. The Kier molecular flexibility index (Phi) is 5.34. The Morgan fingerprint density at radius 1 is 1.32 bits per heavy atom. The molecule has 1 aromatic carbocycles. The summed E-state index contributed by atoms with van der Waals surface area (Å²) in [5, 5.41) is 10.5. The Morgan fingerprint density at radius 2 is 2.08 bits per heavy atom. The predicted molar refractivity (Wildman–Crippen MR) is 98.6 cm³/mol. The first-order chi connectivity index (χ1) is 12.1. The number of nitrogen functional groups attached to an aromatic ring is 1. The van der Waals surface area contributed by atoms with Crippen LogP contribution < -0.4 is 10.7 Å². The molecular formula is C16H16FN5OS2. The number of hydrogen-bond donors (Lipinski definition) is 1. The minimum absolute atomic E-state index is 0.111. The number of amides is 1.